The quantitative estimate of drug-likeness (QED) is 0.129. The number of aromatic nitrogens is 4. The van der Waals surface area contributed by atoms with Crippen LogP contribution in [0.3, 0.4) is 0 Å². The molecule has 2 aliphatic rings. The molecule has 0 radical (unpaired) electrons. The van der Waals surface area contributed by atoms with Gasteiger partial charge in [0.1, 0.15) is 11.4 Å². The van der Waals surface area contributed by atoms with E-state index in [1.807, 2.05) is 5.64 Å². The van der Waals surface area contributed by atoms with Gasteiger partial charge in [0.05, 0.1) is 11.1 Å². The maximum absolute atomic E-state index is 13.4. The zero-order chi connectivity index (χ0) is 33.7. The Bertz CT molecular complexity index is 1930. The maximum atomic E-state index is 13.4. The van der Waals surface area contributed by atoms with Crippen LogP contribution in [0.25, 0.3) is 22.1 Å². The SMILES string of the molecule is CN(S)C1(C)N=C(c2nc3ncccc3cc2C(=O)ONOC(=O)c2cc3cccnc3nc2C2=NC(C)(N(C)S)C(=O)N2)NC1=O. The number of pyridine rings is 4. The van der Waals surface area contributed by atoms with E-state index in [1.165, 1.54) is 47.0 Å². The predicted octanol–water partition coefficient (Wildman–Crippen LogP) is 0.745. The summed E-state index contributed by atoms with van der Waals surface area (Å²) in [6.07, 6.45) is 3.04. The van der Waals surface area contributed by atoms with Crippen LogP contribution in [0.1, 0.15) is 46.0 Å². The fraction of sp³-hybridized carbons (Fsp3) is 0.214. The topological polar surface area (TPSA) is 206 Å². The third kappa shape index (κ3) is 5.63. The minimum atomic E-state index is -1.39. The van der Waals surface area contributed by atoms with Gasteiger partial charge in [-0.25, -0.2) is 48.1 Å². The van der Waals surface area contributed by atoms with Crippen molar-refractivity contribution in [2.24, 2.45) is 9.98 Å². The van der Waals surface area contributed by atoms with E-state index in [0.717, 1.165) is 0 Å². The third-order valence-electron chi connectivity index (χ3n) is 7.58. The average molecular weight is 676 g/mol. The van der Waals surface area contributed by atoms with Gasteiger partial charge in [0, 0.05) is 42.9 Å². The number of hydrogen-bond acceptors (Lipinski definition) is 17. The molecule has 2 unspecified atom stereocenters. The highest BCUT2D eigenvalue weighted by Gasteiger charge is 2.44. The van der Waals surface area contributed by atoms with Gasteiger partial charge in [-0.05, 0) is 50.2 Å². The molecular weight excluding hydrogens is 651 g/mol. The van der Waals surface area contributed by atoms with Gasteiger partial charge in [0.25, 0.3) is 11.8 Å². The average Bonchev–Trinajstić information content (AvgIpc) is 3.54. The molecule has 240 valence electrons. The van der Waals surface area contributed by atoms with E-state index >= 15 is 0 Å². The van der Waals surface area contributed by atoms with Crippen LogP contribution in [-0.4, -0.2) is 89.4 Å². The molecule has 2 atom stereocenters. The molecule has 17 nitrogen and oxygen atoms in total. The van der Waals surface area contributed by atoms with E-state index in [1.54, 1.807) is 38.4 Å². The van der Waals surface area contributed by atoms with E-state index in [9.17, 15) is 19.2 Å². The fourth-order valence-corrected chi connectivity index (χ4v) is 4.87. The first-order valence-corrected chi connectivity index (χ1v) is 14.5. The Balaban J connectivity index is 1.28. The summed E-state index contributed by atoms with van der Waals surface area (Å²) < 4.78 is 2.61. The molecule has 2 aliphatic heterocycles. The number of carbonyl (C=O) groups is 4. The van der Waals surface area contributed by atoms with Gasteiger partial charge in [-0.2, -0.15) is 0 Å². The number of fused-ring (bicyclic) bond motifs is 2. The van der Waals surface area contributed by atoms with Crippen molar-refractivity contribution in [1.82, 2.24) is 44.8 Å². The summed E-state index contributed by atoms with van der Waals surface area (Å²) in [4.78, 5) is 88.5. The number of amides is 2. The molecule has 6 heterocycles. The van der Waals surface area contributed by atoms with Crippen molar-refractivity contribution in [2.45, 2.75) is 25.2 Å². The van der Waals surface area contributed by atoms with Crippen molar-refractivity contribution >= 4 is 83.1 Å². The Morgan fingerprint density at radius 2 is 1.17 bits per heavy atom. The van der Waals surface area contributed by atoms with Gasteiger partial charge in [-0.15, -0.1) is 0 Å². The van der Waals surface area contributed by atoms with E-state index in [4.69, 9.17) is 9.68 Å². The maximum Gasteiger partial charge on any atom is 0.362 e. The Morgan fingerprint density at radius 1 is 0.766 bits per heavy atom. The number of carbonyl (C=O) groups excluding carboxylic acids is 4. The lowest BCUT2D eigenvalue weighted by atomic mass is 10.1. The summed E-state index contributed by atoms with van der Waals surface area (Å²) in [5.74, 6) is -3.10. The van der Waals surface area contributed by atoms with Gasteiger partial charge in [-0.1, -0.05) is 25.6 Å². The number of thiol groups is 2. The zero-order valence-corrected chi connectivity index (χ0v) is 26.8. The standard InChI is InChI=1S/C28H25N11O6S2/c1-27(38(3)46)25(42)33-21(35-27)17-15(11-13-7-5-9-29-19(13)31-17)23(40)44-37-45-24(41)16-12-14-8-6-10-30-20(14)32-18(16)22-34-26(43)28(2,36-22)39(4)47/h5-12,37,46-47H,1-4H3,(H,33,35,42)(H,34,36,43). The van der Waals surface area contributed by atoms with Crippen molar-refractivity contribution < 1.29 is 28.9 Å². The first-order chi connectivity index (χ1) is 22.3. The second-order valence-electron chi connectivity index (χ2n) is 10.6. The number of nitrogens with zero attached hydrogens (tertiary/aromatic N) is 8. The summed E-state index contributed by atoms with van der Waals surface area (Å²) in [7, 11) is 3.10. The molecule has 0 aliphatic carbocycles. The van der Waals surface area contributed by atoms with Crippen LogP contribution < -0.4 is 16.3 Å². The normalized spacial score (nSPS) is 20.8. The molecule has 0 bridgehead atoms. The number of aliphatic imine (C=N–C) groups is 2. The zero-order valence-electron chi connectivity index (χ0n) is 25.0. The van der Waals surface area contributed by atoms with Crippen molar-refractivity contribution in [1.29, 1.82) is 0 Å². The van der Waals surface area contributed by atoms with Crippen LogP contribution in [0.15, 0.2) is 58.8 Å². The number of likely N-dealkylation sites (N-methyl/N-ethyl adjacent to an activating group) is 2. The second kappa shape index (κ2) is 11.9. The number of rotatable bonds is 8. The largest absolute Gasteiger partial charge is 0.362 e. The number of amidine groups is 2. The molecular formula is C28H25N11O6S2. The molecule has 0 aromatic carbocycles. The van der Waals surface area contributed by atoms with Crippen LogP contribution in [-0.2, 0) is 19.3 Å². The Kier molecular flexibility index (Phi) is 8.10. The highest BCUT2D eigenvalue weighted by atomic mass is 32.1. The molecule has 0 saturated carbocycles. The van der Waals surface area contributed by atoms with Gasteiger partial charge in [0.2, 0.25) is 11.3 Å². The number of hydrogen-bond donors (Lipinski definition) is 5. The van der Waals surface area contributed by atoms with Crippen LogP contribution in [0.5, 0.6) is 0 Å². The lowest BCUT2D eigenvalue weighted by Crippen LogP contribution is -2.45. The fourth-order valence-electron chi connectivity index (χ4n) is 4.60. The summed E-state index contributed by atoms with van der Waals surface area (Å²) in [5, 5.41) is 6.20. The number of nitrogens with one attached hydrogen (secondary N) is 3. The highest BCUT2D eigenvalue weighted by Crippen LogP contribution is 2.27. The first kappa shape index (κ1) is 31.9. The Morgan fingerprint density at radius 3 is 1.53 bits per heavy atom. The van der Waals surface area contributed by atoms with Crippen LogP contribution >= 0.6 is 25.6 Å². The summed E-state index contributed by atoms with van der Waals surface area (Å²) >= 11 is 8.46. The molecule has 19 heteroatoms. The van der Waals surface area contributed by atoms with Gasteiger partial charge >= 0.3 is 11.9 Å². The van der Waals surface area contributed by atoms with Crippen LogP contribution in [0.2, 0.25) is 0 Å². The van der Waals surface area contributed by atoms with E-state index < -0.39 is 35.1 Å². The van der Waals surface area contributed by atoms with Crippen molar-refractivity contribution in [3.05, 3.63) is 71.3 Å². The molecule has 0 spiro atoms. The van der Waals surface area contributed by atoms with Crippen LogP contribution in [0, 0.1) is 0 Å². The molecule has 4 aromatic rings. The van der Waals surface area contributed by atoms with Crippen molar-refractivity contribution in [2.75, 3.05) is 14.1 Å². The van der Waals surface area contributed by atoms with Crippen LogP contribution in [0.4, 0.5) is 0 Å². The molecule has 0 fully saturated rings. The van der Waals surface area contributed by atoms with Crippen molar-refractivity contribution in [3.8, 4) is 0 Å². The molecule has 0 saturated heterocycles. The Hall–Kier alpha value is -5.08. The van der Waals surface area contributed by atoms with Gasteiger partial charge in [-0.3, -0.25) is 9.59 Å². The Labute approximate surface area is 276 Å². The summed E-state index contributed by atoms with van der Waals surface area (Å²) in [5.41, 5.74) is -0.650. The molecule has 6 rings (SSSR count). The van der Waals surface area contributed by atoms with Gasteiger partial charge in [0.15, 0.2) is 23.0 Å². The monoisotopic (exact) mass is 675 g/mol. The van der Waals surface area contributed by atoms with E-state index in [0.29, 0.717) is 10.8 Å². The highest BCUT2D eigenvalue weighted by molar-refractivity contribution is 7.77. The van der Waals surface area contributed by atoms with E-state index in [-0.39, 0.29) is 45.5 Å². The molecule has 4 aromatic heterocycles. The predicted molar refractivity (Wildman–Crippen MR) is 173 cm³/mol. The lowest BCUT2D eigenvalue weighted by molar-refractivity contribution is -0.126. The first-order valence-electron chi connectivity index (χ1n) is 13.7. The minimum Gasteiger partial charge on any atom is -0.331 e. The minimum absolute atomic E-state index is 0.0198. The summed E-state index contributed by atoms with van der Waals surface area (Å²) in [6.45, 7) is 3.07. The van der Waals surface area contributed by atoms with Gasteiger partial charge < -0.3 is 20.3 Å². The van der Waals surface area contributed by atoms with E-state index in [2.05, 4.69) is 66.2 Å². The smallest absolute Gasteiger partial charge is 0.331 e. The molecule has 47 heavy (non-hydrogen) atoms. The molecule has 2 amide bonds. The summed E-state index contributed by atoms with van der Waals surface area (Å²) in [6, 6.07) is 9.54. The second-order valence-corrected chi connectivity index (χ2v) is 11.8. The molecule has 3 N–H and O–H groups in total. The lowest BCUT2D eigenvalue weighted by Gasteiger charge is -2.24. The third-order valence-corrected chi connectivity index (χ3v) is 8.36. The van der Waals surface area contributed by atoms with Crippen molar-refractivity contribution in [3.63, 3.8) is 0 Å².